The van der Waals surface area contributed by atoms with Gasteiger partial charge in [0.15, 0.2) is 17.3 Å². The first kappa shape index (κ1) is 14.3. The third kappa shape index (κ3) is 2.02. The van der Waals surface area contributed by atoms with Crippen LogP contribution in [0.3, 0.4) is 0 Å². The molecule has 1 aromatic carbocycles. The van der Waals surface area contributed by atoms with Crippen molar-refractivity contribution in [3.05, 3.63) is 33.8 Å². The second-order valence-electron chi connectivity index (χ2n) is 6.74. The van der Waals surface area contributed by atoms with Gasteiger partial charge in [0.1, 0.15) is 12.2 Å². The molecule has 1 aromatic rings. The molecule has 122 valence electrons. The van der Waals surface area contributed by atoms with Crippen molar-refractivity contribution in [2.24, 2.45) is 0 Å². The van der Waals surface area contributed by atoms with E-state index in [4.69, 9.17) is 23.7 Å². The average molecular weight is 381 g/mol. The van der Waals surface area contributed by atoms with Crippen LogP contribution in [0.4, 0.5) is 0 Å². The van der Waals surface area contributed by atoms with Crippen LogP contribution in [0.15, 0.2) is 22.7 Å². The molecule has 0 bridgehead atoms. The first-order chi connectivity index (χ1) is 11.0. The Balaban J connectivity index is 1.59. The lowest BCUT2D eigenvalue weighted by Gasteiger charge is -2.39. The van der Waals surface area contributed by atoms with Gasteiger partial charge < -0.3 is 23.7 Å². The Morgan fingerprint density at radius 2 is 2.00 bits per heavy atom. The van der Waals surface area contributed by atoms with Gasteiger partial charge in [0.25, 0.3) is 0 Å². The zero-order valence-electron chi connectivity index (χ0n) is 12.9. The molecule has 23 heavy (non-hydrogen) atoms. The highest BCUT2D eigenvalue weighted by Gasteiger charge is 2.50. The standard InChI is InChI=1S/C17H17BrO5/c1-17(2)22-11-4-3-8-9-5-12-15(21-7-20-12)13(18)10(9)6-19-14(8)16(11)23-17/h3-5,8,11,14,16H,6-7H2,1-2H3/t8-,11+,14+,16+/m0/s1. The Morgan fingerprint density at radius 1 is 1.13 bits per heavy atom. The predicted molar refractivity (Wildman–Crippen MR) is 84.5 cm³/mol. The minimum absolute atomic E-state index is 0.0495. The summed E-state index contributed by atoms with van der Waals surface area (Å²) in [5.41, 5.74) is 2.33. The average Bonchev–Trinajstić information content (AvgIpc) is 3.09. The zero-order chi connectivity index (χ0) is 15.8. The fraction of sp³-hybridized carbons (Fsp3) is 0.529. The van der Waals surface area contributed by atoms with Gasteiger partial charge in [0.05, 0.1) is 17.2 Å². The minimum Gasteiger partial charge on any atom is -0.454 e. The van der Waals surface area contributed by atoms with Crippen LogP contribution in [-0.2, 0) is 20.8 Å². The number of hydrogen-bond donors (Lipinski definition) is 0. The molecule has 0 unspecified atom stereocenters. The number of fused-ring (bicyclic) bond motifs is 6. The summed E-state index contributed by atoms with van der Waals surface area (Å²) in [7, 11) is 0. The molecular weight excluding hydrogens is 364 g/mol. The topological polar surface area (TPSA) is 46.2 Å². The molecular formula is C17H17BrO5. The highest BCUT2D eigenvalue weighted by atomic mass is 79.9. The molecule has 0 N–H and O–H groups in total. The van der Waals surface area contributed by atoms with Crippen molar-refractivity contribution in [2.45, 2.75) is 50.5 Å². The monoisotopic (exact) mass is 380 g/mol. The quantitative estimate of drug-likeness (QED) is 0.646. The van der Waals surface area contributed by atoms with Crippen molar-refractivity contribution in [2.75, 3.05) is 6.79 Å². The van der Waals surface area contributed by atoms with E-state index in [-0.39, 0.29) is 31.0 Å². The van der Waals surface area contributed by atoms with Crippen LogP contribution in [0.2, 0.25) is 0 Å². The second kappa shape index (κ2) is 4.72. The van der Waals surface area contributed by atoms with Gasteiger partial charge in [-0.25, -0.2) is 0 Å². The van der Waals surface area contributed by atoms with Crippen LogP contribution >= 0.6 is 15.9 Å². The lowest BCUT2D eigenvalue weighted by molar-refractivity contribution is -0.161. The summed E-state index contributed by atoms with van der Waals surface area (Å²) < 4.78 is 30.3. The molecule has 4 atom stereocenters. The van der Waals surface area contributed by atoms with E-state index < -0.39 is 5.79 Å². The van der Waals surface area contributed by atoms with Crippen molar-refractivity contribution < 1.29 is 23.7 Å². The van der Waals surface area contributed by atoms with E-state index >= 15 is 0 Å². The van der Waals surface area contributed by atoms with Gasteiger partial charge in [0.2, 0.25) is 6.79 Å². The van der Waals surface area contributed by atoms with Crippen molar-refractivity contribution >= 4 is 15.9 Å². The highest BCUT2D eigenvalue weighted by Crippen LogP contribution is 2.50. The lowest BCUT2D eigenvalue weighted by Crippen LogP contribution is -2.45. The Kier molecular flexibility index (Phi) is 2.93. The summed E-state index contributed by atoms with van der Waals surface area (Å²) in [6.45, 7) is 4.67. The molecule has 1 fully saturated rings. The Morgan fingerprint density at radius 3 is 2.87 bits per heavy atom. The molecule has 0 spiro atoms. The van der Waals surface area contributed by atoms with Crippen LogP contribution in [-0.4, -0.2) is 30.9 Å². The fourth-order valence-corrected chi connectivity index (χ4v) is 4.58. The van der Waals surface area contributed by atoms with Crippen LogP contribution < -0.4 is 9.47 Å². The van der Waals surface area contributed by atoms with Gasteiger partial charge in [-0.1, -0.05) is 12.2 Å². The summed E-state index contributed by atoms with van der Waals surface area (Å²) >= 11 is 3.64. The molecule has 0 amide bonds. The fourth-order valence-electron chi connectivity index (χ4n) is 3.93. The summed E-state index contributed by atoms with van der Waals surface area (Å²) in [5, 5.41) is 0. The van der Waals surface area contributed by atoms with Crippen molar-refractivity contribution in [1.29, 1.82) is 0 Å². The first-order valence-electron chi connectivity index (χ1n) is 7.80. The van der Waals surface area contributed by atoms with E-state index in [1.807, 2.05) is 13.8 Å². The van der Waals surface area contributed by atoms with Crippen LogP contribution in [0.1, 0.15) is 30.9 Å². The molecule has 0 aromatic heterocycles. The van der Waals surface area contributed by atoms with E-state index in [0.717, 1.165) is 21.5 Å². The minimum atomic E-state index is -0.576. The Bertz CT molecular complexity index is 713. The highest BCUT2D eigenvalue weighted by molar-refractivity contribution is 9.10. The van der Waals surface area contributed by atoms with Gasteiger partial charge in [-0.3, -0.25) is 0 Å². The van der Waals surface area contributed by atoms with Crippen LogP contribution in [0.5, 0.6) is 11.5 Å². The van der Waals surface area contributed by atoms with E-state index in [1.165, 1.54) is 5.56 Å². The van der Waals surface area contributed by atoms with Crippen LogP contribution in [0, 0.1) is 0 Å². The number of rotatable bonds is 0. The van der Waals surface area contributed by atoms with Gasteiger partial charge >= 0.3 is 0 Å². The Hall–Kier alpha value is -1.08. The summed E-state index contributed by atoms with van der Waals surface area (Å²) in [6.07, 6.45) is 4.08. The molecule has 0 radical (unpaired) electrons. The predicted octanol–water partition coefficient (Wildman–Crippen LogP) is 3.25. The molecule has 1 saturated heterocycles. The van der Waals surface area contributed by atoms with Gasteiger partial charge in [-0.05, 0) is 47.0 Å². The SMILES string of the molecule is CC1(C)O[C@H]2[C@@H]3OCc4c(cc5c(c4Br)OCO5)[C@@H]3C=C[C@H]2O1. The first-order valence-corrected chi connectivity index (χ1v) is 8.59. The number of hydrogen-bond acceptors (Lipinski definition) is 5. The van der Waals surface area contributed by atoms with Crippen molar-refractivity contribution in [3.63, 3.8) is 0 Å². The second-order valence-corrected chi connectivity index (χ2v) is 7.54. The van der Waals surface area contributed by atoms with Crippen molar-refractivity contribution in [1.82, 2.24) is 0 Å². The molecule has 5 rings (SSSR count). The van der Waals surface area contributed by atoms with E-state index in [9.17, 15) is 0 Å². The molecule has 3 aliphatic heterocycles. The molecule has 1 aliphatic carbocycles. The molecule has 4 aliphatic rings. The maximum atomic E-state index is 6.17. The van der Waals surface area contributed by atoms with E-state index in [2.05, 4.69) is 34.1 Å². The third-order valence-corrected chi connectivity index (χ3v) is 5.71. The third-order valence-electron chi connectivity index (χ3n) is 4.87. The number of benzene rings is 1. The summed E-state index contributed by atoms with van der Waals surface area (Å²) in [6, 6.07) is 2.08. The molecule has 0 saturated carbocycles. The zero-order valence-corrected chi connectivity index (χ0v) is 14.5. The smallest absolute Gasteiger partial charge is 0.231 e. The lowest BCUT2D eigenvalue weighted by atomic mass is 9.80. The maximum Gasteiger partial charge on any atom is 0.231 e. The summed E-state index contributed by atoms with van der Waals surface area (Å²) in [4.78, 5) is 0. The Labute approximate surface area is 142 Å². The van der Waals surface area contributed by atoms with Gasteiger partial charge in [-0.2, -0.15) is 0 Å². The van der Waals surface area contributed by atoms with Gasteiger partial charge in [0, 0.05) is 5.92 Å². The largest absolute Gasteiger partial charge is 0.454 e. The van der Waals surface area contributed by atoms with Crippen LogP contribution in [0.25, 0.3) is 0 Å². The van der Waals surface area contributed by atoms with Crippen molar-refractivity contribution in [3.8, 4) is 11.5 Å². The summed E-state index contributed by atoms with van der Waals surface area (Å²) in [5.74, 6) is 1.11. The normalized spacial score (nSPS) is 35.6. The molecule has 5 nitrogen and oxygen atoms in total. The number of ether oxygens (including phenoxy) is 5. The number of halogens is 1. The molecule has 6 heteroatoms. The van der Waals surface area contributed by atoms with E-state index in [0.29, 0.717) is 6.61 Å². The maximum absolute atomic E-state index is 6.17. The van der Waals surface area contributed by atoms with Gasteiger partial charge in [-0.15, -0.1) is 0 Å². The van der Waals surface area contributed by atoms with E-state index in [1.54, 1.807) is 0 Å². The molecule has 3 heterocycles.